The van der Waals surface area contributed by atoms with Crippen LogP contribution in [-0.2, 0) is 16.0 Å². The molecule has 0 spiro atoms. The highest BCUT2D eigenvalue weighted by Gasteiger charge is 2.25. The van der Waals surface area contributed by atoms with Crippen molar-refractivity contribution in [2.75, 3.05) is 13.1 Å². The molecular formula is C14H19N3O3. The summed E-state index contributed by atoms with van der Waals surface area (Å²) in [6.45, 7) is 3.05. The van der Waals surface area contributed by atoms with Gasteiger partial charge in [0.15, 0.2) is 0 Å². The van der Waals surface area contributed by atoms with Gasteiger partial charge in [0.1, 0.15) is 0 Å². The highest BCUT2D eigenvalue weighted by Crippen LogP contribution is 2.28. The minimum Gasteiger partial charge on any atom is -0.481 e. The van der Waals surface area contributed by atoms with Crippen molar-refractivity contribution in [1.82, 2.24) is 14.9 Å². The molecular weight excluding hydrogens is 258 g/mol. The van der Waals surface area contributed by atoms with Gasteiger partial charge in [-0.1, -0.05) is 0 Å². The molecule has 0 bridgehead atoms. The molecule has 1 fully saturated rings. The Bertz CT molecular complexity index is 496. The summed E-state index contributed by atoms with van der Waals surface area (Å²) in [7, 11) is 0. The lowest BCUT2D eigenvalue weighted by molar-refractivity contribution is -0.137. The fourth-order valence-electron chi connectivity index (χ4n) is 2.60. The smallest absolute Gasteiger partial charge is 0.303 e. The summed E-state index contributed by atoms with van der Waals surface area (Å²) in [6, 6.07) is 0. The van der Waals surface area contributed by atoms with Crippen molar-refractivity contribution >= 4 is 11.9 Å². The number of aromatic nitrogens is 2. The van der Waals surface area contributed by atoms with Gasteiger partial charge in [0.2, 0.25) is 5.91 Å². The Kier molecular flexibility index (Phi) is 4.65. The first kappa shape index (κ1) is 14.4. The zero-order valence-electron chi connectivity index (χ0n) is 11.6. The lowest BCUT2D eigenvalue weighted by Crippen LogP contribution is -2.36. The Morgan fingerprint density at radius 3 is 2.55 bits per heavy atom. The first-order chi connectivity index (χ1) is 9.58. The molecule has 0 atom stereocenters. The SMILES string of the molecule is CC(=O)N1CCC(c2nccnc2CCC(=O)O)CC1. The average molecular weight is 277 g/mol. The minimum absolute atomic E-state index is 0.0674. The summed E-state index contributed by atoms with van der Waals surface area (Å²) >= 11 is 0. The van der Waals surface area contributed by atoms with Gasteiger partial charge in [-0.25, -0.2) is 0 Å². The standard InChI is InChI=1S/C14H19N3O3/c1-10(18)17-8-4-11(5-9-17)14-12(2-3-13(19)20)15-6-7-16-14/h6-7,11H,2-5,8-9H2,1H3,(H,19,20). The van der Waals surface area contributed by atoms with E-state index in [4.69, 9.17) is 5.11 Å². The van der Waals surface area contributed by atoms with Crippen molar-refractivity contribution in [3.8, 4) is 0 Å². The third kappa shape index (κ3) is 3.53. The first-order valence-electron chi connectivity index (χ1n) is 6.85. The van der Waals surface area contributed by atoms with Gasteiger partial charge in [0, 0.05) is 44.7 Å². The monoisotopic (exact) mass is 277 g/mol. The van der Waals surface area contributed by atoms with Crippen LogP contribution in [0.25, 0.3) is 0 Å². The van der Waals surface area contributed by atoms with Crippen molar-refractivity contribution in [1.29, 1.82) is 0 Å². The summed E-state index contributed by atoms with van der Waals surface area (Å²) in [5, 5.41) is 8.78. The zero-order chi connectivity index (χ0) is 14.5. The van der Waals surface area contributed by atoms with Crippen LogP contribution < -0.4 is 0 Å². The third-order valence-corrected chi connectivity index (χ3v) is 3.71. The van der Waals surface area contributed by atoms with Gasteiger partial charge in [-0.3, -0.25) is 19.6 Å². The molecule has 2 rings (SSSR count). The molecule has 6 nitrogen and oxygen atoms in total. The molecule has 1 aromatic heterocycles. The number of aryl methyl sites for hydroxylation is 1. The molecule has 20 heavy (non-hydrogen) atoms. The molecule has 1 saturated heterocycles. The quantitative estimate of drug-likeness (QED) is 0.894. The van der Waals surface area contributed by atoms with Crippen LogP contribution in [0.1, 0.15) is 43.5 Å². The fraction of sp³-hybridized carbons (Fsp3) is 0.571. The van der Waals surface area contributed by atoms with Gasteiger partial charge in [-0.2, -0.15) is 0 Å². The van der Waals surface area contributed by atoms with Crippen LogP contribution in [-0.4, -0.2) is 44.9 Å². The molecule has 1 aliphatic rings. The lowest BCUT2D eigenvalue weighted by atomic mass is 9.91. The Morgan fingerprint density at radius 2 is 1.95 bits per heavy atom. The molecule has 2 heterocycles. The number of aliphatic carboxylic acids is 1. The largest absolute Gasteiger partial charge is 0.481 e. The van der Waals surface area contributed by atoms with Crippen molar-refractivity contribution in [3.05, 3.63) is 23.8 Å². The van der Waals surface area contributed by atoms with Gasteiger partial charge in [-0.05, 0) is 12.8 Å². The number of hydrogen-bond donors (Lipinski definition) is 1. The minimum atomic E-state index is -0.826. The number of hydrogen-bond acceptors (Lipinski definition) is 4. The second-order valence-electron chi connectivity index (χ2n) is 5.06. The van der Waals surface area contributed by atoms with Crippen LogP contribution in [0.5, 0.6) is 0 Å². The number of carboxylic acid groups (broad SMARTS) is 1. The molecule has 0 saturated carbocycles. The van der Waals surface area contributed by atoms with E-state index in [0.29, 0.717) is 6.42 Å². The number of rotatable bonds is 4. The topological polar surface area (TPSA) is 83.4 Å². The van der Waals surface area contributed by atoms with Crippen molar-refractivity contribution < 1.29 is 14.7 Å². The second kappa shape index (κ2) is 6.45. The number of piperidine rings is 1. The molecule has 1 amide bonds. The van der Waals surface area contributed by atoms with Gasteiger partial charge in [0.25, 0.3) is 0 Å². The van der Waals surface area contributed by atoms with Crippen LogP contribution in [0.3, 0.4) is 0 Å². The van der Waals surface area contributed by atoms with Crippen LogP contribution in [0, 0.1) is 0 Å². The summed E-state index contributed by atoms with van der Waals surface area (Å²) in [4.78, 5) is 32.5. The van der Waals surface area contributed by atoms with E-state index in [1.807, 2.05) is 4.90 Å². The average Bonchev–Trinajstić information content (AvgIpc) is 2.45. The van der Waals surface area contributed by atoms with Crippen LogP contribution in [0.2, 0.25) is 0 Å². The Morgan fingerprint density at radius 1 is 1.30 bits per heavy atom. The van der Waals surface area contributed by atoms with E-state index in [0.717, 1.165) is 37.3 Å². The van der Waals surface area contributed by atoms with Crippen LogP contribution in [0.4, 0.5) is 0 Å². The third-order valence-electron chi connectivity index (χ3n) is 3.71. The van der Waals surface area contributed by atoms with Crippen molar-refractivity contribution in [2.45, 2.75) is 38.5 Å². The predicted octanol–water partition coefficient (Wildman–Crippen LogP) is 1.22. The molecule has 108 valence electrons. The van der Waals surface area contributed by atoms with E-state index in [2.05, 4.69) is 9.97 Å². The zero-order valence-corrected chi connectivity index (χ0v) is 11.6. The molecule has 0 unspecified atom stereocenters. The van der Waals surface area contributed by atoms with Gasteiger partial charge >= 0.3 is 5.97 Å². The van der Waals surface area contributed by atoms with Crippen molar-refractivity contribution in [2.24, 2.45) is 0 Å². The van der Waals surface area contributed by atoms with E-state index >= 15 is 0 Å². The number of nitrogens with zero attached hydrogens (tertiary/aromatic N) is 3. The maximum atomic E-state index is 11.3. The molecule has 0 aromatic carbocycles. The molecule has 0 aliphatic carbocycles. The van der Waals surface area contributed by atoms with E-state index in [1.165, 1.54) is 0 Å². The summed E-state index contributed by atoms with van der Waals surface area (Å²) < 4.78 is 0. The van der Waals surface area contributed by atoms with E-state index in [1.54, 1.807) is 19.3 Å². The number of amides is 1. The molecule has 1 N–H and O–H groups in total. The summed E-state index contributed by atoms with van der Waals surface area (Å²) in [5.74, 6) is -0.454. The molecule has 1 aliphatic heterocycles. The number of carbonyl (C=O) groups is 2. The van der Waals surface area contributed by atoms with Gasteiger partial charge in [0.05, 0.1) is 17.8 Å². The van der Waals surface area contributed by atoms with E-state index < -0.39 is 5.97 Å². The summed E-state index contributed by atoms with van der Waals surface area (Å²) in [5.41, 5.74) is 1.67. The molecule has 6 heteroatoms. The maximum Gasteiger partial charge on any atom is 0.303 e. The van der Waals surface area contributed by atoms with Crippen LogP contribution >= 0.6 is 0 Å². The van der Waals surface area contributed by atoms with E-state index in [9.17, 15) is 9.59 Å². The highest BCUT2D eigenvalue weighted by atomic mass is 16.4. The normalized spacial score (nSPS) is 16.1. The molecule has 1 aromatic rings. The lowest BCUT2D eigenvalue weighted by Gasteiger charge is -2.31. The molecule has 0 radical (unpaired) electrons. The number of carboxylic acids is 1. The van der Waals surface area contributed by atoms with Crippen molar-refractivity contribution in [3.63, 3.8) is 0 Å². The van der Waals surface area contributed by atoms with Crippen LogP contribution in [0.15, 0.2) is 12.4 Å². The maximum absolute atomic E-state index is 11.3. The van der Waals surface area contributed by atoms with Gasteiger partial charge in [-0.15, -0.1) is 0 Å². The first-order valence-corrected chi connectivity index (χ1v) is 6.85. The number of likely N-dealkylation sites (tertiary alicyclic amines) is 1. The number of carbonyl (C=O) groups excluding carboxylic acids is 1. The Balaban J connectivity index is 2.05. The predicted molar refractivity (Wildman–Crippen MR) is 72.2 cm³/mol. The fourth-order valence-corrected chi connectivity index (χ4v) is 2.60. The summed E-state index contributed by atoms with van der Waals surface area (Å²) in [6.07, 6.45) is 5.45. The Hall–Kier alpha value is -1.98. The van der Waals surface area contributed by atoms with E-state index in [-0.39, 0.29) is 18.2 Å². The second-order valence-corrected chi connectivity index (χ2v) is 5.06. The highest BCUT2D eigenvalue weighted by molar-refractivity contribution is 5.73. The Labute approximate surface area is 117 Å². The van der Waals surface area contributed by atoms with Gasteiger partial charge < -0.3 is 10.0 Å².